The Morgan fingerprint density at radius 1 is 0.938 bits per heavy atom. The van der Waals surface area contributed by atoms with Crippen molar-refractivity contribution in [1.29, 1.82) is 5.41 Å². The van der Waals surface area contributed by atoms with Crippen molar-refractivity contribution >= 4 is 11.9 Å². The fraction of sp³-hybridized carbons (Fsp3) is 0.771. The fourth-order valence-corrected chi connectivity index (χ4v) is 8.32. The molecule has 2 saturated heterocycles. The van der Waals surface area contributed by atoms with Gasteiger partial charge in [0.15, 0.2) is 11.9 Å². The van der Waals surface area contributed by atoms with Gasteiger partial charge in [-0.3, -0.25) is 15.3 Å². The van der Waals surface area contributed by atoms with E-state index in [0.717, 1.165) is 70.3 Å². The molecular formula is C35H53F6N7. The van der Waals surface area contributed by atoms with E-state index in [4.69, 9.17) is 5.73 Å². The molecule has 1 saturated carbocycles. The van der Waals surface area contributed by atoms with Crippen LogP contribution in [-0.2, 0) is 18.8 Å². The summed E-state index contributed by atoms with van der Waals surface area (Å²) in [4.78, 5) is 13.4. The van der Waals surface area contributed by atoms with Crippen LogP contribution >= 0.6 is 0 Å². The average molecular weight is 686 g/mol. The molecule has 1 aromatic rings. The second-order valence-corrected chi connectivity index (χ2v) is 14.5. The van der Waals surface area contributed by atoms with E-state index in [2.05, 4.69) is 33.5 Å². The molecule has 1 aliphatic carbocycles. The van der Waals surface area contributed by atoms with E-state index in [9.17, 15) is 31.8 Å². The van der Waals surface area contributed by atoms with Crippen molar-refractivity contribution in [2.24, 2.45) is 16.6 Å². The molecule has 7 nitrogen and oxygen atoms in total. The Kier molecular flexibility index (Phi) is 11.8. The molecule has 0 spiro atoms. The summed E-state index contributed by atoms with van der Waals surface area (Å²) in [6.45, 7) is 8.42. The molecule has 13 heteroatoms. The zero-order valence-electron chi connectivity index (χ0n) is 28.4. The lowest BCUT2D eigenvalue weighted by Crippen LogP contribution is -2.52. The molecule has 3 fully saturated rings. The summed E-state index contributed by atoms with van der Waals surface area (Å²) in [5.41, 5.74) is 3.63. The van der Waals surface area contributed by atoms with Crippen LogP contribution in [0.2, 0.25) is 0 Å². The number of unbranched alkanes of at least 4 members (excludes halogenated alkanes) is 1. The Hall–Kier alpha value is -2.70. The topological polar surface area (TPSA) is 75.2 Å². The summed E-state index contributed by atoms with van der Waals surface area (Å²) in [5, 5.41) is 9.42. The maximum atomic E-state index is 13.6. The minimum Gasteiger partial charge on any atom is -0.370 e. The molecule has 4 aliphatic rings. The first-order chi connectivity index (χ1) is 22.7. The Bertz CT molecular complexity index is 1230. The van der Waals surface area contributed by atoms with E-state index in [0.29, 0.717) is 37.0 Å². The van der Waals surface area contributed by atoms with Crippen LogP contribution in [0.5, 0.6) is 0 Å². The van der Waals surface area contributed by atoms with Gasteiger partial charge >= 0.3 is 12.4 Å². The summed E-state index contributed by atoms with van der Waals surface area (Å²) < 4.78 is 81.5. The van der Waals surface area contributed by atoms with Crippen molar-refractivity contribution in [3.8, 4) is 0 Å². The maximum Gasteiger partial charge on any atom is 0.416 e. The quantitative estimate of drug-likeness (QED) is 0.215. The number of alkyl halides is 6. The number of rotatable bonds is 13. The van der Waals surface area contributed by atoms with Crippen molar-refractivity contribution in [3.63, 3.8) is 0 Å². The largest absolute Gasteiger partial charge is 0.416 e. The maximum absolute atomic E-state index is 13.6. The smallest absolute Gasteiger partial charge is 0.370 e. The van der Waals surface area contributed by atoms with Gasteiger partial charge in [0.2, 0.25) is 0 Å². The number of hydrogen-bond acceptors (Lipinski definition) is 5. The van der Waals surface area contributed by atoms with Crippen molar-refractivity contribution in [1.82, 2.24) is 19.6 Å². The van der Waals surface area contributed by atoms with Crippen LogP contribution in [0.1, 0.15) is 101 Å². The Morgan fingerprint density at radius 2 is 1.62 bits per heavy atom. The number of nitrogens with zero attached hydrogens (tertiary/aromatic N) is 5. The second-order valence-electron chi connectivity index (χ2n) is 14.5. The van der Waals surface area contributed by atoms with Gasteiger partial charge in [-0.1, -0.05) is 51.9 Å². The van der Waals surface area contributed by atoms with E-state index >= 15 is 0 Å². The van der Waals surface area contributed by atoms with Gasteiger partial charge < -0.3 is 20.4 Å². The number of halogens is 6. The van der Waals surface area contributed by atoms with Crippen LogP contribution in [0.3, 0.4) is 0 Å². The molecule has 3 N–H and O–H groups in total. The average Bonchev–Trinajstić information content (AvgIpc) is 3.71. The third-order valence-electron chi connectivity index (χ3n) is 11.0. The molecule has 1 unspecified atom stereocenters. The van der Waals surface area contributed by atoms with Crippen molar-refractivity contribution < 1.29 is 26.3 Å². The van der Waals surface area contributed by atoms with Gasteiger partial charge in [0, 0.05) is 50.3 Å². The molecule has 3 heterocycles. The molecule has 4 atom stereocenters. The van der Waals surface area contributed by atoms with Crippen molar-refractivity contribution in [3.05, 3.63) is 34.9 Å². The van der Waals surface area contributed by atoms with E-state index < -0.39 is 23.5 Å². The summed E-state index contributed by atoms with van der Waals surface area (Å²) in [7, 11) is 0. The number of benzene rings is 1. The first-order valence-electron chi connectivity index (χ1n) is 17.9. The van der Waals surface area contributed by atoms with E-state index in [1.54, 1.807) is 0 Å². The zero-order chi connectivity index (χ0) is 34.6. The van der Waals surface area contributed by atoms with E-state index in [-0.39, 0.29) is 42.7 Å². The van der Waals surface area contributed by atoms with Gasteiger partial charge in [0.25, 0.3) is 0 Å². The molecule has 270 valence electrons. The third-order valence-corrected chi connectivity index (χ3v) is 11.0. The fourth-order valence-electron chi connectivity index (χ4n) is 8.32. The van der Waals surface area contributed by atoms with Gasteiger partial charge in [-0.15, -0.1) is 0 Å². The Balaban J connectivity index is 1.35. The molecule has 0 radical (unpaired) electrons. The number of nitrogens with two attached hydrogens (primary N) is 1. The predicted octanol–water partition coefficient (Wildman–Crippen LogP) is 7.20. The number of aliphatic imine (C=N–C) groups is 1. The third kappa shape index (κ3) is 8.90. The highest BCUT2D eigenvalue weighted by Crippen LogP contribution is 2.37. The lowest BCUT2D eigenvalue weighted by atomic mass is 9.84. The highest BCUT2D eigenvalue weighted by atomic mass is 19.4. The highest BCUT2D eigenvalue weighted by Gasteiger charge is 2.41. The Labute approximate surface area is 281 Å². The van der Waals surface area contributed by atoms with Crippen LogP contribution in [-0.4, -0.2) is 95.0 Å². The SMILES string of the molecule is CCCC[C@@H]1CN([C@H](CC2CCCCC2)CN2CCCC2CN2C(N)=NC[C@@H]2C)C(=N)N1CCc1cc(C(F)(F)F)cc(C(F)(F)F)c1. The summed E-state index contributed by atoms with van der Waals surface area (Å²) >= 11 is 0. The second kappa shape index (κ2) is 15.5. The first-order valence-corrected chi connectivity index (χ1v) is 17.9. The van der Waals surface area contributed by atoms with Crippen LogP contribution in [0.4, 0.5) is 26.3 Å². The summed E-state index contributed by atoms with van der Waals surface area (Å²) in [5.74, 6) is 1.53. The predicted molar refractivity (Wildman–Crippen MR) is 177 cm³/mol. The number of guanidine groups is 2. The van der Waals surface area contributed by atoms with Crippen LogP contribution < -0.4 is 5.73 Å². The number of nitrogens with one attached hydrogen (secondary N) is 1. The first kappa shape index (κ1) is 36.6. The molecule has 1 aromatic carbocycles. The lowest BCUT2D eigenvalue weighted by molar-refractivity contribution is -0.143. The number of likely N-dealkylation sites (tertiary alicyclic amines) is 1. The van der Waals surface area contributed by atoms with Gasteiger partial charge in [-0.05, 0) is 75.3 Å². The normalized spacial score (nSPS) is 25.4. The standard InChI is InChI=1S/C35H53F6N7/c1-3-4-11-30-23-48(33(43)46(30)15-13-26-16-27(34(36,37)38)19-28(17-26)35(39,40)41)31(18-25-9-6-5-7-10-25)21-45-14-8-12-29(45)22-47-24(2)20-44-32(47)42/h16-17,19,24-25,29-31,43H,3-15,18,20-23H2,1-2H3,(H2,42,44)/t24-,29?,30+,31+/m0/s1. The van der Waals surface area contributed by atoms with E-state index in [1.165, 1.54) is 32.1 Å². The van der Waals surface area contributed by atoms with Gasteiger partial charge in [0.1, 0.15) is 0 Å². The van der Waals surface area contributed by atoms with Gasteiger partial charge in [-0.2, -0.15) is 26.3 Å². The minimum atomic E-state index is -4.89. The lowest BCUT2D eigenvalue weighted by Gasteiger charge is -2.39. The zero-order valence-corrected chi connectivity index (χ0v) is 28.4. The van der Waals surface area contributed by atoms with Crippen molar-refractivity contribution in [2.75, 3.05) is 39.3 Å². The van der Waals surface area contributed by atoms with E-state index in [1.807, 2.05) is 4.90 Å². The van der Waals surface area contributed by atoms with Gasteiger partial charge in [0.05, 0.1) is 17.7 Å². The van der Waals surface area contributed by atoms with Crippen molar-refractivity contribution in [2.45, 2.75) is 127 Å². The molecule has 5 rings (SSSR count). The molecule has 3 aliphatic heterocycles. The molecular weight excluding hydrogens is 632 g/mol. The summed E-state index contributed by atoms with van der Waals surface area (Å²) in [6, 6.07) is 2.52. The monoisotopic (exact) mass is 685 g/mol. The summed E-state index contributed by atoms with van der Waals surface area (Å²) in [6.07, 6.45) is 2.13. The molecule has 0 amide bonds. The van der Waals surface area contributed by atoms with Crippen LogP contribution in [0.15, 0.2) is 23.2 Å². The Morgan fingerprint density at radius 3 is 2.23 bits per heavy atom. The van der Waals surface area contributed by atoms with Crippen LogP contribution in [0.25, 0.3) is 0 Å². The van der Waals surface area contributed by atoms with Crippen LogP contribution in [0, 0.1) is 11.3 Å². The molecule has 48 heavy (non-hydrogen) atoms. The van der Waals surface area contributed by atoms with Gasteiger partial charge in [-0.25, -0.2) is 0 Å². The number of hydrogen-bond donors (Lipinski definition) is 2. The molecule has 0 aromatic heterocycles. The minimum absolute atomic E-state index is 0.00959. The molecule has 0 bridgehead atoms. The highest BCUT2D eigenvalue weighted by molar-refractivity contribution is 5.80.